The van der Waals surface area contributed by atoms with Gasteiger partial charge in [-0.3, -0.25) is 9.59 Å². The normalized spacial score (nSPS) is 17.4. The molecule has 1 aliphatic rings. The van der Waals surface area contributed by atoms with Crippen molar-refractivity contribution < 1.29 is 9.59 Å². The summed E-state index contributed by atoms with van der Waals surface area (Å²) < 4.78 is 0. The van der Waals surface area contributed by atoms with Crippen molar-refractivity contribution in [1.82, 2.24) is 25.6 Å². The number of imide groups is 1. The van der Waals surface area contributed by atoms with Crippen molar-refractivity contribution in [3.8, 4) is 22.5 Å². The van der Waals surface area contributed by atoms with E-state index in [9.17, 15) is 9.59 Å². The third-order valence-corrected chi connectivity index (χ3v) is 7.94. The number of benzene rings is 2. The average molecular weight is 568 g/mol. The number of rotatable bonds is 9. The zero-order valence-corrected chi connectivity index (χ0v) is 24.0. The molecule has 0 bridgehead atoms. The number of pyridine rings is 1. The molecule has 1 saturated carbocycles. The molecule has 0 spiro atoms. The van der Waals surface area contributed by atoms with E-state index in [1.165, 1.54) is 4.90 Å². The first kappa shape index (κ1) is 29.0. The number of tetrazole rings is 1. The summed E-state index contributed by atoms with van der Waals surface area (Å²) in [5.41, 5.74) is 16.4. The SMILES string of the molecule is CN(C)c1ccc(-c2cccc(C[C@H](N)C(=O)N(C(=O)C3CCC(CN)CC3)c3ccc(-c4nn[nH]n4)cc3)c2)cn1. The Balaban J connectivity index is 1.37. The third kappa shape index (κ3) is 6.53. The summed E-state index contributed by atoms with van der Waals surface area (Å²) in [6, 6.07) is 18.0. The van der Waals surface area contributed by atoms with E-state index in [1.54, 1.807) is 24.3 Å². The van der Waals surface area contributed by atoms with Gasteiger partial charge in [0, 0.05) is 37.3 Å². The van der Waals surface area contributed by atoms with Crippen LogP contribution >= 0.6 is 0 Å². The lowest BCUT2D eigenvalue weighted by Gasteiger charge is -2.32. The van der Waals surface area contributed by atoms with E-state index in [1.807, 2.05) is 61.6 Å². The van der Waals surface area contributed by atoms with Crippen LogP contribution in [0.15, 0.2) is 66.9 Å². The maximum absolute atomic E-state index is 13.9. The Morgan fingerprint density at radius 2 is 1.71 bits per heavy atom. The number of H-pyrrole nitrogens is 1. The molecule has 1 fully saturated rings. The summed E-state index contributed by atoms with van der Waals surface area (Å²) in [6.07, 6.45) is 5.24. The first-order chi connectivity index (χ1) is 20.3. The van der Waals surface area contributed by atoms with E-state index >= 15 is 0 Å². The molecule has 4 aromatic rings. The molecule has 0 unspecified atom stereocenters. The number of nitrogens with zero attached hydrogens (tertiary/aromatic N) is 6. The number of anilines is 2. The van der Waals surface area contributed by atoms with E-state index in [0.29, 0.717) is 42.4 Å². The van der Waals surface area contributed by atoms with Gasteiger partial charge in [-0.1, -0.05) is 24.3 Å². The van der Waals surface area contributed by atoms with Gasteiger partial charge in [-0.25, -0.2) is 9.88 Å². The number of hydrogen-bond acceptors (Lipinski definition) is 9. The van der Waals surface area contributed by atoms with Gasteiger partial charge in [-0.05, 0) is 97.3 Å². The van der Waals surface area contributed by atoms with Crippen LogP contribution in [-0.2, 0) is 16.0 Å². The maximum atomic E-state index is 13.9. The van der Waals surface area contributed by atoms with E-state index in [2.05, 4.69) is 25.6 Å². The van der Waals surface area contributed by atoms with Crippen molar-refractivity contribution in [3.05, 3.63) is 72.4 Å². The molecular weight excluding hydrogens is 530 g/mol. The summed E-state index contributed by atoms with van der Waals surface area (Å²) >= 11 is 0. The van der Waals surface area contributed by atoms with Crippen LogP contribution < -0.4 is 21.3 Å². The fraction of sp³-hybridized carbons (Fsp3) is 0.355. The third-order valence-electron chi connectivity index (χ3n) is 7.94. The standard InChI is InChI=1S/C31H37N9O2/c1-39(2)28-15-12-25(19-34-28)24-5-3-4-21(16-24)17-27(33)31(42)40(30(41)23-8-6-20(18-32)7-9-23)26-13-10-22(11-14-26)29-35-37-38-36-29/h3-5,10-16,19-20,23,27H,6-9,17-18,32-33H2,1-2H3,(H,35,36,37,38)/t20?,23?,27-/m0/s1. The van der Waals surface area contributed by atoms with E-state index in [0.717, 1.165) is 35.3 Å². The smallest absolute Gasteiger partial charge is 0.251 e. The van der Waals surface area contributed by atoms with E-state index in [-0.39, 0.29) is 18.2 Å². The Bertz CT molecular complexity index is 1480. The molecule has 5 N–H and O–H groups in total. The number of nitrogens with one attached hydrogen (secondary N) is 1. The van der Waals surface area contributed by atoms with Crippen LogP contribution in [0.4, 0.5) is 11.5 Å². The minimum Gasteiger partial charge on any atom is -0.363 e. The number of nitrogens with two attached hydrogens (primary N) is 2. The van der Waals surface area contributed by atoms with Crippen LogP contribution in [0.5, 0.6) is 0 Å². The van der Waals surface area contributed by atoms with Crippen molar-refractivity contribution in [2.75, 3.05) is 30.4 Å². The van der Waals surface area contributed by atoms with Crippen molar-refractivity contribution in [1.29, 1.82) is 0 Å². The predicted octanol–water partition coefficient (Wildman–Crippen LogP) is 3.19. The highest BCUT2D eigenvalue weighted by Gasteiger charge is 2.35. The van der Waals surface area contributed by atoms with Crippen LogP contribution in [0.25, 0.3) is 22.5 Å². The molecule has 218 valence electrons. The first-order valence-corrected chi connectivity index (χ1v) is 14.2. The topological polar surface area (TPSA) is 160 Å². The fourth-order valence-electron chi connectivity index (χ4n) is 5.44. The molecule has 0 radical (unpaired) electrons. The van der Waals surface area contributed by atoms with Gasteiger partial charge in [0.2, 0.25) is 11.7 Å². The van der Waals surface area contributed by atoms with Crippen molar-refractivity contribution >= 4 is 23.3 Å². The highest BCUT2D eigenvalue weighted by atomic mass is 16.2. The second-order valence-corrected chi connectivity index (χ2v) is 11.1. The van der Waals surface area contributed by atoms with Crippen LogP contribution in [0, 0.1) is 11.8 Å². The molecule has 5 rings (SSSR count). The molecule has 0 aliphatic heterocycles. The summed E-state index contributed by atoms with van der Waals surface area (Å²) in [4.78, 5) is 35.5. The molecule has 2 aromatic heterocycles. The second kappa shape index (κ2) is 13.0. The number of aromatic nitrogens is 5. The monoisotopic (exact) mass is 567 g/mol. The van der Waals surface area contributed by atoms with Gasteiger partial charge in [-0.15, -0.1) is 10.2 Å². The Labute approximate surface area is 245 Å². The van der Waals surface area contributed by atoms with Gasteiger partial charge in [0.25, 0.3) is 5.91 Å². The Morgan fingerprint density at radius 1 is 0.976 bits per heavy atom. The first-order valence-electron chi connectivity index (χ1n) is 14.2. The Hall–Kier alpha value is -4.48. The second-order valence-electron chi connectivity index (χ2n) is 11.1. The molecule has 1 aliphatic carbocycles. The maximum Gasteiger partial charge on any atom is 0.251 e. The summed E-state index contributed by atoms with van der Waals surface area (Å²) in [7, 11) is 3.89. The summed E-state index contributed by atoms with van der Waals surface area (Å²) in [6.45, 7) is 0.612. The lowest BCUT2D eigenvalue weighted by Crippen LogP contribution is -2.50. The number of carbonyl (C=O) groups is 2. The molecule has 2 amide bonds. The lowest BCUT2D eigenvalue weighted by molar-refractivity contribution is -0.130. The van der Waals surface area contributed by atoms with Crippen LogP contribution in [0.3, 0.4) is 0 Å². The fourth-order valence-corrected chi connectivity index (χ4v) is 5.44. The minimum absolute atomic E-state index is 0.223. The molecular formula is C31H37N9O2. The molecule has 1 atom stereocenters. The van der Waals surface area contributed by atoms with Gasteiger partial charge in [0.15, 0.2) is 0 Å². The van der Waals surface area contributed by atoms with E-state index < -0.39 is 11.9 Å². The van der Waals surface area contributed by atoms with Gasteiger partial charge in [-0.2, -0.15) is 5.21 Å². The molecule has 2 heterocycles. The van der Waals surface area contributed by atoms with Gasteiger partial charge < -0.3 is 16.4 Å². The molecule has 0 saturated heterocycles. The molecule has 42 heavy (non-hydrogen) atoms. The highest BCUT2D eigenvalue weighted by Crippen LogP contribution is 2.32. The molecule has 2 aromatic carbocycles. The zero-order valence-electron chi connectivity index (χ0n) is 24.0. The van der Waals surface area contributed by atoms with Crippen molar-refractivity contribution in [2.45, 2.75) is 38.1 Å². The van der Waals surface area contributed by atoms with Crippen LogP contribution in [-0.4, -0.2) is 64.1 Å². The number of amides is 2. The quantitative estimate of drug-likeness (QED) is 0.276. The van der Waals surface area contributed by atoms with E-state index in [4.69, 9.17) is 11.5 Å². The number of hydrogen-bond donors (Lipinski definition) is 3. The van der Waals surface area contributed by atoms with Crippen molar-refractivity contribution in [3.63, 3.8) is 0 Å². The highest BCUT2D eigenvalue weighted by molar-refractivity contribution is 6.17. The predicted molar refractivity (Wildman–Crippen MR) is 162 cm³/mol. The number of aromatic amines is 1. The van der Waals surface area contributed by atoms with Gasteiger partial charge in [0.05, 0.1) is 11.7 Å². The Morgan fingerprint density at radius 3 is 2.33 bits per heavy atom. The lowest BCUT2D eigenvalue weighted by atomic mass is 9.81. The summed E-state index contributed by atoms with van der Waals surface area (Å²) in [5, 5.41) is 14.0. The van der Waals surface area contributed by atoms with Crippen LogP contribution in [0.2, 0.25) is 0 Å². The number of carbonyl (C=O) groups excluding carboxylic acids is 2. The minimum atomic E-state index is -0.921. The molecule has 11 nitrogen and oxygen atoms in total. The molecule has 11 heteroatoms. The largest absolute Gasteiger partial charge is 0.363 e. The van der Waals surface area contributed by atoms with Gasteiger partial charge >= 0.3 is 0 Å². The average Bonchev–Trinajstić information content (AvgIpc) is 3.57. The van der Waals surface area contributed by atoms with Crippen molar-refractivity contribution in [2.24, 2.45) is 23.3 Å². The summed E-state index contributed by atoms with van der Waals surface area (Å²) in [5.74, 6) is 0.788. The Kier molecular flexibility index (Phi) is 8.99. The zero-order chi connectivity index (χ0) is 29.6. The van der Waals surface area contributed by atoms with Crippen LogP contribution in [0.1, 0.15) is 31.2 Å². The van der Waals surface area contributed by atoms with Gasteiger partial charge in [0.1, 0.15) is 5.82 Å².